The Balaban J connectivity index is 1.34. The average molecular weight is 467 g/mol. The standard InChI is InChI=1S/C26H30N2O6/c1-2-7-17(24(29)28-12-13-33-23(15-28)25(30)31)14-27-26(32)34-16-22-20-10-5-3-8-18(20)19-9-4-6-11-21(19)22/h3-6,8-11,17,22-23H,2,7,12-16H2,1H3,(H,27,32)(H,30,31). The first kappa shape index (κ1) is 23.8. The van der Waals surface area contributed by atoms with E-state index in [1.54, 1.807) is 0 Å². The maximum absolute atomic E-state index is 13.0. The van der Waals surface area contributed by atoms with Crippen LogP contribution < -0.4 is 5.32 Å². The van der Waals surface area contributed by atoms with Gasteiger partial charge in [0, 0.05) is 19.0 Å². The van der Waals surface area contributed by atoms with E-state index in [0.29, 0.717) is 13.0 Å². The van der Waals surface area contributed by atoms with Crippen molar-refractivity contribution < 1.29 is 29.0 Å². The fourth-order valence-corrected chi connectivity index (χ4v) is 4.77. The molecule has 0 spiro atoms. The molecule has 4 rings (SSSR count). The number of hydrogen-bond acceptors (Lipinski definition) is 5. The molecule has 1 aliphatic carbocycles. The highest BCUT2D eigenvalue weighted by Gasteiger charge is 2.33. The molecule has 1 saturated heterocycles. The molecule has 2 aliphatic rings. The predicted molar refractivity (Wildman–Crippen MR) is 125 cm³/mol. The van der Waals surface area contributed by atoms with Crippen molar-refractivity contribution in [3.05, 3.63) is 59.7 Å². The number of ether oxygens (including phenoxy) is 2. The summed E-state index contributed by atoms with van der Waals surface area (Å²) in [5, 5.41) is 11.9. The maximum Gasteiger partial charge on any atom is 0.407 e. The summed E-state index contributed by atoms with van der Waals surface area (Å²) in [6, 6.07) is 16.3. The Labute approximate surface area is 198 Å². The highest BCUT2D eigenvalue weighted by molar-refractivity contribution is 5.82. The number of aliphatic carboxylic acids is 1. The highest BCUT2D eigenvalue weighted by atomic mass is 16.5. The summed E-state index contributed by atoms with van der Waals surface area (Å²) in [5.74, 6) is -1.73. The van der Waals surface area contributed by atoms with Gasteiger partial charge in [-0.05, 0) is 28.7 Å². The van der Waals surface area contributed by atoms with Gasteiger partial charge < -0.3 is 24.8 Å². The Bertz CT molecular complexity index is 1010. The molecule has 180 valence electrons. The largest absolute Gasteiger partial charge is 0.479 e. The fraction of sp³-hybridized carbons (Fsp3) is 0.423. The number of benzene rings is 2. The van der Waals surface area contributed by atoms with Crippen molar-refractivity contribution in [1.29, 1.82) is 0 Å². The van der Waals surface area contributed by atoms with E-state index in [4.69, 9.17) is 9.47 Å². The van der Waals surface area contributed by atoms with Crippen molar-refractivity contribution in [3.63, 3.8) is 0 Å². The zero-order chi connectivity index (χ0) is 24.1. The Kier molecular flexibility index (Phi) is 7.47. The molecule has 34 heavy (non-hydrogen) atoms. The number of nitrogens with one attached hydrogen (secondary N) is 1. The zero-order valence-corrected chi connectivity index (χ0v) is 19.2. The molecule has 2 amide bonds. The van der Waals surface area contributed by atoms with Gasteiger partial charge in [0.2, 0.25) is 5.91 Å². The number of morpholine rings is 1. The first-order valence-electron chi connectivity index (χ1n) is 11.7. The Hall–Kier alpha value is -3.39. The molecule has 2 aromatic carbocycles. The summed E-state index contributed by atoms with van der Waals surface area (Å²) >= 11 is 0. The van der Waals surface area contributed by atoms with Crippen LogP contribution in [0.4, 0.5) is 4.79 Å². The molecule has 1 heterocycles. The first-order chi connectivity index (χ1) is 16.5. The number of carbonyl (C=O) groups is 3. The molecule has 0 aromatic heterocycles. The van der Waals surface area contributed by atoms with Crippen LogP contribution in [0.1, 0.15) is 36.8 Å². The van der Waals surface area contributed by atoms with Gasteiger partial charge in [0.25, 0.3) is 0 Å². The van der Waals surface area contributed by atoms with Crippen LogP contribution in [0, 0.1) is 5.92 Å². The van der Waals surface area contributed by atoms with Gasteiger partial charge in [-0.2, -0.15) is 0 Å². The second-order valence-corrected chi connectivity index (χ2v) is 8.67. The molecular formula is C26H30N2O6. The van der Waals surface area contributed by atoms with Gasteiger partial charge >= 0.3 is 12.1 Å². The molecule has 1 fully saturated rings. The van der Waals surface area contributed by atoms with Crippen LogP contribution in [0.3, 0.4) is 0 Å². The Morgan fingerprint density at radius 1 is 1.12 bits per heavy atom. The van der Waals surface area contributed by atoms with Gasteiger partial charge in [-0.25, -0.2) is 9.59 Å². The first-order valence-corrected chi connectivity index (χ1v) is 11.7. The lowest BCUT2D eigenvalue weighted by molar-refractivity contribution is -0.160. The summed E-state index contributed by atoms with van der Waals surface area (Å²) in [7, 11) is 0. The van der Waals surface area contributed by atoms with Crippen molar-refractivity contribution in [2.24, 2.45) is 5.92 Å². The number of amides is 2. The predicted octanol–water partition coefficient (Wildman–Crippen LogP) is 3.25. The second kappa shape index (κ2) is 10.7. The van der Waals surface area contributed by atoms with E-state index in [0.717, 1.165) is 28.7 Å². The smallest absolute Gasteiger partial charge is 0.407 e. The molecule has 8 heteroatoms. The molecule has 2 N–H and O–H groups in total. The number of carboxylic acid groups (broad SMARTS) is 1. The molecular weight excluding hydrogens is 436 g/mol. The number of fused-ring (bicyclic) bond motifs is 3. The average Bonchev–Trinajstić information content (AvgIpc) is 3.18. The van der Waals surface area contributed by atoms with Crippen LogP contribution in [0.2, 0.25) is 0 Å². The van der Waals surface area contributed by atoms with E-state index in [-0.39, 0.29) is 38.1 Å². The topological polar surface area (TPSA) is 105 Å². The third-order valence-electron chi connectivity index (χ3n) is 6.48. The Morgan fingerprint density at radius 2 is 1.76 bits per heavy atom. The van der Waals surface area contributed by atoms with Crippen molar-refractivity contribution >= 4 is 18.0 Å². The lowest BCUT2D eigenvalue weighted by Crippen LogP contribution is -2.51. The van der Waals surface area contributed by atoms with Crippen LogP contribution in [0.25, 0.3) is 11.1 Å². The lowest BCUT2D eigenvalue weighted by atomic mass is 9.98. The van der Waals surface area contributed by atoms with E-state index in [1.807, 2.05) is 31.2 Å². The van der Waals surface area contributed by atoms with Gasteiger partial charge in [-0.15, -0.1) is 0 Å². The summed E-state index contributed by atoms with van der Waals surface area (Å²) in [4.78, 5) is 38.3. The molecule has 0 saturated carbocycles. The monoisotopic (exact) mass is 466 g/mol. The fourth-order valence-electron chi connectivity index (χ4n) is 4.77. The summed E-state index contributed by atoms with van der Waals surface area (Å²) < 4.78 is 10.8. The number of carbonyl (C=O) groups excluding carboxylic acids is 2. The molecule has 1 aliphatic heterocycles. The molecule has 0 radical (unpaired) electrons. The van der Waals surface area contributed by atoms with Crippen molar-refractivity contribution in [2.75, 3.05) is 32.8 Å². The van der Waals surface area contributed by atoms with Crippen LogP contribution >= 0.6 is 0 Å². The minimum Gasteiger partial charge on any atom is -0.479 e. The maximum atomic E-state index is 13.0. The van der Waals surface area contributed by atoms with E-state index in [9.17, 15) is 19.5 Å². The van der Waals surface area contributed by atoms with Crippen LogP contribution in [0.5, 0.6) is 0 Å². The highest BCUT2D eigenvalue weighted by Crippen LogP contribution is 2.44. The normalized spacial score (nSPS) is 18.0. The lowest BCUT2D eigenvalue weighted by Gasteiger charge is -2.33. The van der Waals surface area contributed by atoms with Gasteiger partial charge in [0.1, 0.15) is 6.61 Å². The van der Waals surface area contributed by atoms with E-state index in [1.165, 1.54) is 4.90 Å². The molecule has 2 atom stereocenters. The van der Waals surface area contributed by atoms with Crippen LogP contribution in [0.15, 0.2) is 48.5 Å². The minimum atomic E-state index is -1.08. The summed E-state index contributed by atoms with van der Waals surface area (Å²) in [5.41, 5.74) is 4.59. The summed E-state index contributed by atoms with van der Waals surface area (Å²) in [6.07, 6.45) is -0.246. The van der Waals surface area contributed by atoms with Crippen molar-refractivity contribution in [1.82, 2.24) is 10.2 Å². The molecule has 0 bridgehead atoms. The van der Waals surface area contributed by atoms with Crippen molar-refractivity contribution in [2.45, 2.75) is 31.8 Å². The van der Waals surface area contributed by atoms with Gasteiger partial charge in [0.15, 0.2) is 6.10 Å². The molecule has 8 nitrogen and oxygen atoms in total. The number of nitrogens with zero attached hydrogens (tertiary/aromatic N) is 1. The third-order valence-corrected chi connectivity index (χ3v) is 6.48. The molecule has 2 unspecified atom stereocenters. The van der Waals surface area contributed by atoms with E-state index in [2.05, 4.69) is 29.6 Å². The number of alkyl carbamates (subject to hydrolysis) is 1. The van der Waals surface area contributed by atoms with Gasteiger partial charge in [0.05, 0.1) is 19.1 Å². The van der Waals surface area contributed by atoms with Gasteiger partial charge in [-0.1, -0.05) is 61.9 Å². The number of carboxylic acids is 1. The van der Waals surface area contributed by atoms with E-state index < -0.39 is 24.1 Å². The van der Waals surface area contributed by atoms with Crippen molar-refractivity contribution in [3.8, 4) is 11.1 Å². The van der Waals surface area contributed by atoms with Gasteiger partial charge in [-0.3, -0.25) is 4.79 Å². The van der Waals surface area contributed by atoms with E-state index >= 15 is 0 Å². The Morgan fingerprint density at radius 3 is 2.38 bits per heavy atom. The van der Waals surface area contributed by atoms with Crippen LogP contribution in [-0.2, 0) is 19.1 Å². The third kappa shape index (κ3) is 5.07. The quantitative estimate of drug-likeness (QED) is 0.619. The zero-order valence-electron chi connectivity index (χ0n) is 19.2. The minimum absolute atomic E-state index is 0.0132. The SMILES string of the molecule is CCCC(CNC(=O)OCC1c2ccccc2-c2ccccc21)C(=O)N1CCOC(C(=O)O)C1. The van der Waals surface area contributed by atoms with Crippen LogP contribution in [-0.4, -0.2) is 66.9 Å². The second-order valence-electron chi connectivity index (χ2n) is 8.67. The number of hydrogen-bond donors (Lipinski definition) is 2. The number of rotatable bonds is 8. The summed E-state index contributed by atoms with van der Waals surface area (Å²) in [6.45, 7) is 2.84. The molecule has 2 aromatic rings.